The summed E-state index contributed by atoms with van der Waals surface area (Å²) in [5.41, 5.74) is 1.37. The van der Waals surface area contributed by atoms with Crippen molar-refractivity contribution in [2.75, 3.05) is 6.61 Å². The summed E-state index contributed by atoms with van der Waals surface area (Å²) in [6.07, 6.45) is 3.78. The predicted molar refractivity (Wildman–Crippen MR) is 59.1 cm³/mol. The second-order valence-electron chi connectivity index (χ2n) is 4.01. The van der Waals surface area contributed by atoms with Crippen LogP contribution in [0, 0.1) is 11.8 Å². The van der Waals surface area contributed by atoms with Gasteiger partial charge in [0.1, 0.15) is 0 Å². The van der Waals surface area contributed by atoms with E-state index in [-0.39, 0.29) is 0 Å². The van der Waals surface area contributed by atoms with E-state index in [1.807, 2.05) is 5.79 Å². The van der Waals surface area contributed by atoms with E-state index in [4.69, 9.17) is 13.8 Å². The standard InChI is InChI=1S/C9H15O.CH3.Al.ClH/c1-7-4-3-5-8(2)9(7)6-10;;;/h8-9H,1,3-6H2,2H3;1H3;;1H/q-1;;+2;/p-1/t8-,9-;;;/m1.../s1. The van der Waals surface area contributed by atoms with E-state index in [0.717, 1.165) is 12.5 Å². The molecule has 0 aliphatic heterocycles. The first-order valence-electron chi connectivity index (χ1n) is 5.04. The Labute approximate surface area is 90.0 Å². The van der Waals surface area contributed by atoms with E-state index in [1.54, 1.807) is 0 Å². The molecule has 0 aromatic heterocycles. The van der Waals surface area contributed by atoms with Crippen LogP contribution >= 0.6 is 10.0 Å². The van der Waals surface area contributed by atoms with Gasteiger partial charge >= 0.3 is 13.6 Å². The first-order chi connectivity index (χ1) is 6.11. The Bertz CT molecular complexity index is 182. The highest BCUT2D eigenvalue weighted by atomic mass is 35.6. The average Bonchev–Trinajstić information content (AvgIpc) is 2.03. The molecule has 1 aliphatic carbocycles. The lowest BCUT2D eigenvalue weighted by Crippen LogP contribution is -2.25. The Morgan fingerprint density at radius 2 is 2.38 bits per heavy atom. The Morgan fingerprint density at radius 3 is 2.92 bits per heavy atom. The zero-order chi connectivity index (χ0) is 9.84. The third-order valence-electron chi connectivity index (χ3n) is 2.87. The lowest BCUT2D eigenvalue weighted by atomic mass is 9.78. The van der Waals surface area contributed by atoms with Crippen LogP contribution in [0.15, 0.2) is 12.2 Å². The number of hydrogen-bond donors (Lipinski definition) is 0. The highest BCUT2D eigenvalue weighted by Crippen LogP contribution is 2.33. The Hall–Kier alpha value is 0.522. The molecule has 0 N–H and O–H groups in total. The summed E-state index contributed by atoms with van der Waals surface area (Å²) in [7, 11) is 5.88. The van der Waals surface area contributed by atoms with E-state index in [1.165, 1.54) is 24.8 Å². The van der Waals surface area contributed by atoms with Crippen LogP contribution in [-0.4, -0.2) is 20.2 Å². The first kappa shape index (κ1) is 11.6. The molecule has 0 spiro atoms. The Balaban J connectivity index is 2.40. The maximum Gasteiger partial charge on any atom is 0.588 e. The molecule has 74 valence electrons. The number of halogens is 1. The molecule has 2 atom stereocenters. The maximum atomic E-state index is 5.88. The number of hydrogen-bond acceptors (Lipinski definition) is 1. The second-order valence-corrected chi connectivity index (χ2v) is 7.27. The van der Waals surface area contributed by atoms with Crippen LogP contribution < -0.4 is 0 Å². The lowest BCUT2D eigenvalue weighted by Gasteiger charge is -2.31. The molecule has 13 heavy (non-hydrogen) atoms. The van der Waals surface area contributed by atoms with Crippen LogP contribution in [-0.2, 0) is 3.79 Å². The topological polar surface area (TPSA) is 9.23 Å². The average molecular weight is 217 g/mol. The van der Waals surface area contributed by atoms with Gasteiger partial charge in [-0.25, -0.2) is 10.0 Å². The third kappa shape index (κ3) is 3.64. The van der Waals surface area contributed by atoms with E-state index in [2.05, 4.69) is 13.5 Å². The van der Waals surface area contributed by atoms with Crippen LogP contribution in [0.3, 0.4) is 0 Å². The largest absolute Gasteiger partial charge is 0.588 e. The Morgan fingerprint density at radius 1 is 1.69 bits per heavy atom. The van der Waals surface area contributed by atoms with Crippen molar-refractivity contribution in [3.8, 4) is 0 Å². The van der Waals surface area contributed by atoms with Crippen molar-refractivity contribution >= 4 is 23.6 Å². The summed E-state index contributed by atoms with van der Waals surface area (Å²) in [5.74, 6) is 3.28. The Kier molecular flexibility index (Phi) is 4.83. The molecule has 0 amide bonds. The predicted octanol–water partition coefficient (Wildman–Crippen LogP) is 3.35. The van der Waals surface area contributed by atoms with E-state index in [9.17, 15) is 0 Å². The summed E-state index contributed by atoms with van der Waals surface area (Å²) in [6, 6.07) is 0. The van der Waals surface area contributed by atoms with Crippen molar-refractivity contribution < 1.29 is 3.79 Å². The molecule has 0 radical (unpaired) electrons. The monoisotopic (exact) mass is 216 g/mol. The summed E-state index contributed by atoms with van der Waals surface area (Å²) >= 11 is -1.36. The zero-order valence-electron chi connectivity index (χ0n) is 8.55. The minimum absolute atomic E-state index is 0.558. The molecule has 0 heterocycles. The molecule has 0 bridgehead atoms. The molecule has 1 nitrogen and oxygen atoms in total. The minimum Gasteiger partial charge on any atom is -0.489 e. The van der Waals surface area contributed by atoms with Crippen LogP contribution in [0.25, 0.3) is 0 Å². The molecule has 1 fully saturated rings. The van der Waals surface area contributed by atoms with Crippen LogP contribution in [0.4, 0.5) is 0 Å². The van der Waals surface area contributed by atoms with Gasteiger partial charge in [0, 0.05) is 12.5 Å². The highest BCUT2D eigenvalue weighted by Gasteiger charge is 2.25. The molecule has 1 saturated carbocycles. The minimum atomic E-state index is -1.36. The third-order valence-corrected chi connectivity index (χ3v) is 3.90. The van der Waals surface area contributed by atoms with Gasteiger partial charge in [-0.05, 0) is 25.2 Å². The molecule has 0 unspecified atom stereocenters. The fourth-order valence-electron chi connectivity index (χ4n) is 1.96. The summed E-state index contributed by atoms with van der Waals surface area (Å²) in [6.45, 7) is 7.21. The first-order valence-corrected chi connectivity index (χ1v) is 8.41. The maximum absolute atomic E-state index is 5.88. The summed E-state index contributed by atoms with van der Waals surface area (Å²) in [5, 5.41) is 0. The highest BCUT2D eigenvalue weighted by molar-refractivity contribution is 7.02. The van der Waals surface area contributed by atoms with E-state index in [0.29, 0.717) is 5.92 Å². The summed E-state index contributed by atoms with van der Waals surface area (Å²) < 4.78 is 5.57. The zero-order valence-corrected chi connectivity index (χ0v) is 10.5. The molecule has 0 aromatic carbocycles. The van der Waals surface area contributed by atoms with Gasteiger partial charge in [0.15, 0.2) is 0 Å². The van der Waals surface area contributed by atoms with E-state index >= 15 is 0 Å². The van der Waals surface area contributed by atoms with Gasteiger partial charge in [-0.1, -0.05) is 24.9 Å². The lowest BCUT2D eigenvalue weighted by molar-refractivity contribution is 0.207. The van der Waals surface area contributed by atoms with Gasteiger partial charge in [0.05, 0.1) is 0 Å². The van der Waals surface area contributed by atoms with Crippen molar-refractivity contribution in [3.05, 3.63) is 12.2 Å². The van der Waals surface area contributed by atoms with Gasteiger partial charge < -0.3 is 3.79 Å². The second kappa shape index (κ2) is 5.41. The van der Waals surface area contributed by atoms with Crippen molar-refractivity contribution in [3.63, 3.8) is 0 Å². The van der Waals surface area contributed by atoms with Crippen LogP contribution in [0.2, 0.25) is 5.79 Å². The summed E-state index contributed by atoms with van der Waals surface area (Å²) in [4.78, 5) is 0. The van der Waals surface area contributed by atoms with Crippen LogP contribution in [0.5, 0.6) is 0 Å². The molecule has 3 heteroatoms. The molecule has 1 rings (SSSR count). The van der Waals surface area contributed by atoms with Gasteiger partial charge in [0.2, 0.25) is 0 Å². The molecule has 0 saturated heterocycles. The van der Waals surface area contributed by atoms with Crippen molar-refractivity contribution in [2.45, 2.75) is 32.0 Å². The van der Waals surface area contributed by atoms with Crippen molar-refractivity contribution in [1.82, 2.24) is 0 Å². The molecule has 0 aromatic rings. The van der Waals surface area contributed by atoms with Crippen molar-refractivity contribution in [2.24, 2.45) is 11.8 Å². The van der Waals surface area contributed by atoms with Gasteiger partial charge in [-0.2, -0.15) is 0 Å². The smallest absolute Gasteiger partial charge is 0.489 e. The van der Waals surface area contributed by atoms with Crippen molar-refractivity contribution in [1.29, 1.82) is 0 Å². The quantitative estimate of drug-likeness (QED) is 0.519. The molecular weight excluding hydrogens is 199 g/mol. The SMILES string of the molecule is C=C1CCC[C@@H](C)[C@@H]1C[O][Al]([CH3])[Cl]. The van der Waals surface area contributed by atoms with Gasteiger partial charge in [0.25, 0.3) is 0 Å². The molecule has 1 aliphatic rings. The van der Waals surface area contributed by atoms with E-state index < -0.39 is 13.6 Å². The van der Waals surface area contributed by atoms with Gasteiger partial charge in [-0.15, -0.1) is 0 Å². The molecular formula is C10H18AlClO. The normalized spacial score (nSPS) is 29.0. The van der Waals surface area contributed by atoms with Crippen LogP contribution in [0.1, 0.15) is 26.2 Å². The number of rotatable bonds is 3. The fraction of sp³-hybridized carbons (Fsp3) is 0.800. The van der Waals surface area contributed by atoms with Gasteiger partial charge in [-0.3, -0.25) is 0 Å². The fourth-order valence-corrected chi connectivity index (χ4v) is 2.65.